The molecule has 146 valence electrons. The molecule has 0 unspecified atom stereocenters. The van der Waals surface area contributed by atoms with Crippen LogP contribution in [0.3, 0.4) is 0 Å². The summed E-state index contributed by atoms with van der Waals surface area (Å²) in [4.78, 5) is 2.72. The van der Waals surface area contributed by atoms with Gasteiger partial charge in [0, 0.05) is 25.2 Å². The predicted molar refractivity (Wildman–Crippen MR) is 127 cm³/mol. The van der Waals surface area contributed by atoms with Gasteiger partial charge in [0.2, 0.25) is 0 Å². The molecule has 0 aliphatic rings. The van der Waals surface area contributed by atoms with Crippen LogP contribution in [0.25, 0.3) is 41.6 Å². The highest BCUT2D eigenvalue weighted by atomic mass is 32.2. The van der Waals surface area contributed by atoms with Gasteiger partial charge in [-0.25, -0.2) is 12.4 Å². The van der Waals surface area contributed by atoms with Gasteiger partial charge in [-0.1, -0.05) is 42.5 Å². The van der Waals surface area contributed by atoms with E-state index in [1.807, 2.05) is 36.4 Å². The lowest BCUT2D eigenvalue weighted by atomic mass is 10.1. The fourth-order valence-electron chi connectivity index (χ4n) is 3.96. The standard InChI is InChI=1S/C24H15NO2S3/c26-30(27,17-7-2-1-3-8-17)25-20-10-5-4-9-18(20)19-15-23-16(13-21(19)25)14-24(29-23)22-11-6-12-28-22/h1-15H. The van der Waals surface area contributed by atoms with E-state index in [1.54, 1.807) is 46.9 Å². The van der Waals surface area contributed by atoms with Crippen molar-refractivity contribution in [1.82, 2.24) is 3.97 Å². The second-order valence-corrected chi connectivity index (χ2v) is 10.9. The van der Waals surface area contributed by atoms with Gasteiger partial charge in [-0.05, 0) is 53.2 Å². The van der Waals surface area contributed by atoms with Crippen LogP contribution in [0.4, 0.5) is 0 Å². The summed E-state index contributed by atoms with van der Waals surface area (Å²) in [6, 6.07) is 26.8. The third-order valence-corrected chi connectivity index (χ3v) is 9.22. The van der Waals surface area contributed by atoms with Crippen molar-refractivity contribution in [3.05, 3.63) is 90.3 Å². The maximum Gasteiger partial charge on any atom is 0.268 e. The maximum absolute atomic E-state index is 13.6. The fourth-order valence-corrected chi connectivity index (χ4v) is 7.41. The molecule has 6 heteroatoms. The number of aromatic nitrogens is 1. The van der Waals surface area contributed by atoms with Crippen molar-refractivity contribution in [2.45, 2.75) is 4.90 Å². The molecule has 30 heavy (non-hydrogen) atoms. The second-order valence-electron chi connectivity index (χ2n) is 7.09. The average molecular weight is 446 g/mol. The lowest BCUT2D eigenvalue weighted by molar-refractivity contribution is 0.590. The number of fused-ring (bicyclic) bond motifs is 4. The smallest absolute Gasteiger partial charge is 0.233 e. The Morgan fingerprint density at radius 1 is 0.700 bits per heavy atom. The van der Waals surface area contributed by atoms with Crippen LogP contribution >= 0.6 is 22.7 Å². The Hall–Kier alpha value is -2.93. The lowest BCUT2D eigenvalue weighted by Gasteiger charge is -2.09. The zero-order chi connectivity index (χ0) is 20.3. The zero-order valence-corrected chi connectivity index (χ0v) is 18.1. The third-order valence-electron chi connectivity index (χ3n) is 5.31. The number of nitrogens with zero attached hydrogens (tertiary/aromatic N) is 1. The molecule has 0 saturated heterocycles. The number of hydrogen-bond acceptors (Lipinski definition) is 4. The van der Waals surface area contributed by atoms with E-state index in [-0.39, 0.29) is 4.90 Å². The minimum absolute atomic E-state index is 0.289. The van der Waals surface area contributed by atoms with Crippen molar-refractivity contribution in [2.24, 2.45) is 0 Å². The second kappa shape index (κ2) is 6.54. The molecule has 3 heterocycles. The number of rotatable bonds is 3. The largest absolute Gasteiger partial charge is 0.268 e. The average Bonchev–Trinajstić information content (AvgIpc) is 3.49. The van der Waals surface area contributed by atoms with Gasteiger partial charge in [0.15, 0.2) is 0 Å². The summed E-state index contributed by atoms with van der Waals surface area (Å²) in [5, 5.41) is 5.03. The highest BCUT2D eigenvalue weighted by Crippen LogP contribution is 2.40. The Morgan fingerprint density at radius 3 is 2.30 bits per heavy atom. The maximum atomic E-state index is 13.6. The molecular weight excluding hydrogens is 430 g/mol. The van der Waals surface area contributed by atoms with Crippen molar-refractivity contribution < 1.29 is 8.42 Å². The van der Waals surface area contributed by atoms with Gasteiger partial charge in [-0.3, -0.25) is 0 Å². The van der Waals surface area contributed by atoms with E-state index in [0.29, 0.717) is 11.0 Å². The summed E-state index contributed by atoms with van der Waals surface area (Å²) in [5.41, 5.74) is 1.41. The molecule has 3 aromatic carbocycles. The van der Waals surface area contributed by atoms with Crippen LogP contribution in [0.1, 0.15) is 0 Å². The van der Waals surface area contributed by atoms with Crippen molar-refractivity contribution in [1.29, 1.82) is 0 Å². The molecule has 0 fully saturated rings. The summed E-state index contributed by atoms with van der Waals surface area (Å²) in [6.45, 7) is 0. The van der Waals surface area contributed by atoms with Crippen LogP contribution in [0.15, 0.2) is 95.2 Å². The molecule has 0 spiro atoms. The first kappa shape index (κ1) is 17.9. The number of thiophene rings is 2. The van der Waals surface area contributed by atoms with Crippen LogP contribution in [-0.2, 0) is 10.0 Å². The van der Waals surface area contributed by atoms with Crippen LogP contribution in [0.5, 0.6) is 0 Å². The van der Waals surface area contributed by atoms with Gasteiger partial charge in [-0.2, -0.15) is 0 Å². The van der Waals surface area contributed by atoms with E-state index in [9.17, 15) is 8.42 Å². The molecule has 0 atom stereocenters. The first-order valence-electron chi connectivity index (χ1n) is 9.44. The molecule has 0 bridgehead atoms. The van der Waals surface area contributed by atoms with Crippen molar-refractivity contribution in [3.8, 4) is 9.75 Å². The molecule has 3 aromatic heterocycles. The van der Waals surface area contributed by atoms with E-state index in [2.05, 4.69) is 29.6 Å². The third kappa shape index (κ3) is 2.58. The Bertz CT molecular complexity index is 1640. The van der Waals surface area contributed by atoms with E-state index in [4.69, 9.17) is 0 Å². The van der Waals surface area contributed by atoms with Gasteiger partial charge in [-0.15, -0.1) is 22.7 Å². The Balaban J connectivity index is 1.71. The molecule has 0 N–H and O–H groups in total. The van der Waals surface area contributed by atoms with Crippen molar-refractivity contribution in [2.75, 3.05) is 0 Å². The SMILES string of the molecule is O=S(=O)(c1ccccc1)n1c2ccccc2c2cc3sc(-c4cccs4)cc3cc21. The van der Waals surface area contributed by atoms with E-state index in [0.717, 1.165) is 20.9 Å². The minimum atomic E-state index is -3.73. The van der Waals surface area contributed by atoms with Crippen molar-refractivity contribution in [3.63, 3.8) is 0 Å². The van der Waals surface area contributed by atoms with Crippen LogP contribution in [-0.4, -0.2) is 12.4 Å². The molecule has 0 radical (unpaired) electrons. The normalized spacial score (nSPS) is 12.3. The van der Waals surface area contributed by atoms with Crippen LogP contribution < -0.4 is 0 Å². The van der Waals surface area contributed by atoms with Gasteiger partial charge < -0.3 is 0 Å². The van der Waals surface area contributed by atoms with Gasteiger partial charge in [0.05, 0.1) is 15.9 Å². The summed E-state index contributed by atoms with van der Waals surface area (Å²) in [5.74, 6) is 0. The van der Waals surface area contributed by atoms with E-state index in [1.165, 1.54) is 13.7 Å². The Morgan fingerprint density at radius 2 is 1.50 bits per heavy atom. The van der Waals surface area contributed by atoms with Gasteiger partial charge >= 0.3 is 0 Å². The zero-order valence-electron chi connectivity index (χ0n) is 15.6. The summed E-state index contributed by atoms with van der Waals surface area (Å²) in [7, 11) is -3.73. The molecule has 6 aromatic rings. The number of benzene rings is 3. The monoisotopic (exact) mass is 445 g/mol. The molecule has 3 nitrogen and oxygen atoms in total. The predicted octanol–water partition coefficient (Wildman–Crippen LogP) is 6.97. The molecule has 0 aliphatic heterocycles. The van der Waals surface area contributed by atoms with Crippen LogP contribution in [0.2, 0.25) is 0 Å². The summed E-state index contributed by atoms with van der Waals surface area (Å²) < 4.78 is 29.9. The molecule has 0 aliphatic carbocycles. The summed E-state index contributed by atoms with van der Waals surface area (Å²) >= 11 is 3.46. The molecule has 0 saturated carbocycles. The van der Waals surface area contributed by atoms with Gasteiger partial charge in [0.1, 0.15) is 0 Å². The Kier molecular flexibility index (Phi) is 3.90. The topological polar surface area (TPSA) is 39.1 Å². The first-order chi connectivity index (χ1) is 14.6. The highest BCUT2D eigenvalue weighted by molar-refractivity contribution is 7.90. The number of para-hydroxylation sites is 1. The van der Waals surface area contributed by atoms with E-state index < -0.39 is 10.0 Å². The Labute approximate surface area is 181 Å². The van der Waals surface area contributed by atoms with Crippen LogP contribution in [0, 0.1) is 0 Å². The van der Waals surface area contributed by atoms with Crippen molar-refractivity contribution >= 4 is 64.6 Å². The fraction of sp³-hybridized carbons (Fsp3) is 0. The minimum Gasteiger partial charge on any atom is -0.233 e. The number of hydrogen-bond donors (Lipinski definition) is 0. The molecule has 0 amide bonds. The molecule has 6 rings (SSSR count). The highest BCUT2D eigenvalue weighted by Gasteiger charge is 2.23. The lowest BCUT2D eigenvalue weighted by Crippen LogP contribution is -2.12. The summed E-state index contributed by atoms with van der Waals surface area (Å²) in [6.07, 6.45) is 0. The molecular formula is C24H15NO2S3. The van der Waals surface area contributed by atoms with Gasteiger partial charge in [0.25, 0.3) is 10.0 Å². The first-order valence-corrected chi connectivity index (χ1v) is 12.6. The quantitative estimate of drug-likeness (QED) is 0.295. The van der Waals surface area contributed by atoms with E-state index >= 15 is 0 Å².